The van der Waals surface area contributed by atoms with E-state index >= 15 is 0 Å². The zero-order valence-electron chi connectivity index (χ0n) is 21.9. The number of rotatable bonds is 5. The Bertz CT molecular complexity index is 1120. The normalized spacial score (nSPS) is 23.9. The van der Waals surface area contributed by atoms with Gasteiger partial charge in [-0.1, -0.05) is 23.3 Å². The van der Waals surface area contributed by atoms with Crippen LogP contribution in [0.5, 0.6) is 5.75 Å². The van der Waals surface area contributed by atoms with Gasteiger partial charge in [-0.25, -0.2) is 5.01 Å². The van der Waals surface area contributed by atoms with E-state index in [2.05, 4.69) is 5.43 Å². The summed E-state index contributed by atoms with van der Waals surface area (Å²) in [5, 5.41) is 41.0. The molecule has 10 nitrogen and oxygen atoms in total. The number of hydrazine groups is 1. The van der Waals surface area contributed by atoms with Crippen molar-refractivity contribution in [2.45, 2.75) is 77.8 Å². The van der Waals surface area contributed by atoms with E-state index in [1.807, 2.05) is 19.9 Å². The second-order valence-electron chi connectivity index (χ2n) is 10.4. The Balaban J connectivity index is 1.85. The number of hydrogen-bond acceptors (Lipinski definition) is 8. The molecule has 0 saturated carbocycles. The summed E-state index contributed by atoms with van der Waals surface area (Å²) in [5.74, 6) is -0.733. The number of carbonyl (C=O) groups excluding carboxylic acids is 2. The molecule has 5 N–H and O–H groups in total. The Hall–Kier alpha value is -3.02. The highest BCUT2D eigenvalue weighted by Gasteiger charge is 2.45. The van der Waals surface area contributed by atoms with Crippen LogP contribution in [0.4, 0.5) is 0 Å². The standard InChI is InChI=1S/C27H36N2O8/c1-14-10-15(2)12-17(11-14)25(35)29(27(4,5)6)28-24(34)18-8-7-9-19(16(18)3)36-26-23(33)22(32)21(31)20(13-30)37-26/h7-12,20-23,26,30-33H,13H2,1-6H3,(H,28,34)/t20-,21-,22+,23-,26?/m1/s1. The molecule has 2 aromatic rings. The van der Waals surface area contributed by atoms with Gasteiger partial charge in [0.25, 0.3) is 11.8 Å². The van der Waals surface area contributed by atoms with Crippen molar-refractivity contribution < 1.29 is 39.5 Å². The average Bonchev–Trinajstić information content (AvgIpc) is 2.82. The van der Waals surface area contributed by atoms with Crippen molar-refractivity contribution in [3.63, 3.8) is 0 Å². The number of ether oxygens (including phenoxy) is 2. The SMILES string of the molecule is Cc1cc(C)cc(C(=O)N(NC(=O)c2cccc(OC3O[C@H](CO)[C@@H](O)[C@H](O)[C@H]3O)c2C)C(C)(C)C)c1. The van der Waals surface area contributed by atoms with Crippen LogP contribution in [0.15, 0.2) is 36.4 Å². The first-order valence-electron chi connectivity index (χ1n) is 12.0. The summed E-state index contributed by atoms with van der Waals surface area (Å²) in [6, 6.07) is 10.2. The van der Waals surface area contributed by atoms with Gasteiger partial charge in [-0.3, -0.25) is 15.0 Å². The number of aryl methyl sites for hydroxylation is 2. The molecule has 10 heteroatoms. The molecule has 1 heterocycles. The van der Waals surface area contributed by atoms with Gasteiger partial charge < -0.3 is 29.9 Å². The highest BCUT2D eigenvalue weighted by atomic mass is 16.7. The maximum absolute atomic E-state index is 13.4. The lowest BCUT2D eigenvalue weighted by molar-refractivity contribution is -0.277. The molecular weight excluding hydrogens is 480 g/mol. The fourth-order valence-corrected chi connectivity index (χ4v) is 4.19. The quantitative estimate of drug-likeness (QED) is 0.374. The molecule has 0 bridgehead atoms. The van der Waals surface area contributed by atoms with Gasteiger partial charge in [-0.2, -0.15) is 0 Å². The lowest BCUT2D eigenvalue weighted by Crippen LogP contribution is -2.60. The third-order valence-corrected chi connectivity index (χ3v) is 6.18. The fourth-order valence-electron chi connectivity index (χ4n) is 4.19. The molecule has 1 fully saturated rings. The predicted molar refractivity (Wildman–Crippen MR) is 135 cm³/mol. The molecule has 0 aromatic heterocycles. The molecular formula is C27H36N2O8. The van der Waals surface area contributed by atoms with Crippen LogP contribution in [0.3, 0.4) is 0 Å². The molecule has 2 aromatic carbocycles. The van der Waals surface area contributed by atoms with Gasteiger partial charge in [-0.15, -0.1) is 0 Å². The van der Waals surface area contributed by atoms with Gasteiger partial charge in [0.2, 0.25) is 6.29 Å². The van der Waals surface area contributed by atoms with Crippen LogP contribution in [-0.4, -0.2) is 80.1 Å². The Kier molecular flexibility index (Phi) is 8.61. The van der Waals surface area contributed by atoms with Crippen LogP contribution in [0.2, 0.25) is 0 Å². The Morgan fingerprint density at radius 2 is 1.62 bits per heavy atom. The van der Waals surface area contributed by atoms with E-state index < -0.39 is 48.8 Å². The molecule has 0 aliphatic carbocycles. The molecule has 37 heavy (non-hydrogen) atoms. The van der Waals surface area contributed by atoms with E-state index in [1.165, 1.54) is 5.01 Å². The lowest BCUT2D eigenvalue weighted by atomic mass is 9.99. The zero-order chi connectivity index (χ0) is 27.7. The molecule has 0 radical (unpaired) electrons. The van der Waals surface area contributed by atoms with E-state index in [9.17, 15) is 30.0 Å². The van der Waals surface area contributed by atoms with Gasteiger partial charge in [0.15, 0.2) is 0 Å². The van der Waals surface area contributed by atoms with E-state index in [0.717, 1.165) is 11.1 Å². The Morgan fingerprint density at radius 1 is 1.00 bits per heavy atom. The smallest absolute Gasteiger partial charge is 0.272 e. The van der Waals surface area contributed by atoms with Gasteiger partial charge >= 0.3 is 0 Å². The highest BCUT2D eigenvalue weighted by molar-refractivity contribution is 6.00. The Morgan fingerprint density at radius 3 is 2.19 bits per heavy atom. The molecule has 1 unspecified atom stereocenters. The minimum Gasteiger partial charge on any atom is -0.462 e. The van der Waals surface area contributed by atoms with Crippen LogP contribution in [0, 0.1) is 20.8 Å². The van der Waals surface area contributed by atoms with Crippen molar-refractivity contribution in [1.82, 2.24) is 10.4 Å². The predicted octanol–water partition coefficient (Wildman–Crippen LogP) is 1.38. The van der Waals surface area contributed by atoms with Crippen LogP contribution in [0.25, 0.3) is 0 Å². The van der Waals surface area contributed by atoms with Crippen LogP contribution in [-0.2, 0) is 4.74 Å². The molecule has 3 rings (SSSR count). The summed E-state index contributed by atoms with van der Waals surface area (Å²) < 4.78 is 11.2. The van der Waals surface area contributed by atoms with Crippen molar-refractivity contribution in [3.8, 4) is 5.75 Å². The second kappa shape index (κ2) is 11.2. The second-order valence-corrected chi connectivity index (χ2v) is 10.4. The number of nitrogens with one attached hydrogen (secondary N) is 1. The van der Waals surface area contributed by atoms with E-state index in [-0.39, 0.29) is 17.2 Å². The highest BCUT2D eigenvalue weighted by Crippen LogP contribution is 2.28. The van der Waals surface area contributed by atoms with Crippen molar-refractivity contribution >= 4 is 11.8 Å². The fraction of sp³-hybridized carbons (Fsp3) is 0.481. The molecule has 5 atom stereocenters. The third-order valence-electron chi connectivity index (χ3n) is 6.18. The molecule has 1 saturated heterocycles. The molecule has 1 aliphatic rings. The molecule has 202 valence electrons. The molecule has 0 spiro atoms. The van der Waals surface area contributed by atoms with E-state index in [0.29, 0.717) is 11.1 Å². The minimum atomic E-state index is -1.60. The van der Waals surface area contributed by atoms with Crippen LogP contribution >= 0.6 is 0 Å². The average molecular weight is 517 g/mol. The number of nitrogens with zero attached hydrogens (tertiary/aromatic N) is 1. The number of carbonyl (C=O) groups is 2. The van der Waals surface area contributed by atoms with Gasteiger partial charge in [-0.05, 0) is 65.8 Å². The maximum atomic E-state index is 13.4. The third kappa shape index (κ3) is 6.28. The maximum Gasteiger partial charge on any atom is 0.272 e. The van der Waals surface area contributed by atoms with Crippen molar-refractivity contribution in [2.24, 2.45) is 0 Å². The first-order chi connectivity index (χ1) is 17.2. The summed E-state index contributed by atoms with van der Waals surface area (Å²) in [6.45, 7) is 10.2. The van der Waals surface area contributed by atoms with Crippen LogP contribution in [0.1, 0.15) is 58.2 Å². The molecule has 2 amide bonds. The number of benzene rings is 2. The number of hydrogen-bond donors (Lipinski definition) is 5. The zero-order valence-corrected chi connectivity index (χ0v) is 21.9. The first-order valence-corrected chi connectivity index (χ1v) is 12.0. The number of amides is 2. The molecule has 1 aliphatic heterocycles. The van der Waals surface area contributed by atoms with Crippen LogP contribution < -0.4 is 10.2 Å². The summed E-state index contributed by atoms with van der Waals surface area (Å²) in [7, 11) is 0. The van der Waals surface area contributed by atoms with Crippen molar-refractivity contribution in [3.05, 3.63) is 64.2 Å². The van der Waals surface area contributed by atoms with E-state index in [4.69, 9.17) is 9.47 Å². The topological polar surface area (TPSA) is 149 Å². The first kappa shape index (κ1) is 28.5. The largest absolute Gasteiger partial charge is 0.462 e. The van der Waals surface area contributed by atoms with Crippen molar-refractivity contribution in [2.75, 3.05) is 6.61 Å². The minimum absolute atomic E-state index is 0.180. The monoisotopic (exact) mass is 516 g/mol. The number of aliphatic hydroxyl groups excluding tert-OH is 4. The summed E-state index contributed by atoms with van der Waals surface area (Å²) in [6.07, 6.45) is -7.24. The lowest BCUT2D eigenvalue weighted by Gasteiger charge is -2.39. The van der Waals surface area contributed by atoms with Gasteiger partial charge in [0, 0.05) is 16.7 Å². The van der Waals surface area contributed by atoms with E-state index in [1.54, 1.807) is 58.0 Å². The van der Waals surface area contributed by atoms with Gasteiger partial charge in [0.05, 0.1) is 12.1 Å². The summed E-state index contributed by atoms with van der Waals surface area (Å²) in [5.41, 5.74) is 4.89. The Labute approximate surface area is 216 Å². The summed E-state index contributed by atoms with van der Waals surface area (Å²) >= 11 is 0. The summed E-state index contributed by atoms with van der Waals surface area (Å²) in [4.78, 5) is 26.8. The van der Waals surface area contributed by atoms with Crippen molar-refractivity contribution in [1.29, 1.82) is 0 Å². The number of aliphatic hydroxyl groups is 4. The van der Waals surface area contributed by atoms with Gasteiger partial charge in [0.1, 0.15) is 30.2 Å².